The summed E-state index contributed by atoms with van der Waals surface area (Å²) in [5.74, 6) is -0.501. The smallest absolute Gasteiger partial charge is 0.324 e. The molecular formula is C21H31NO5S2. The Hall–Kier alpha value is -1.38. The van der Waals surface area contributed by atoms with Crippen LogP contribution in [0.3, 0.4) is 0 Å². The minimum atomic E-state index is -3.86. The lowest BCUT2D eigenvalue weighted by Gasteiger charge is -2.27. The summed E-state index contributed by atoms with van der Waals surface area (Å²) in [6, 6.07) is 4.44. The largest absolute Gasteiger partial charge is 0.459 e. The van der Waals surface area contributed by atoms with Crippen molar-refractivity contribution in [2.75, 3.05) is 6.54 Å². The number of aldehydes is 1. The molecular weight excluding hydrogens is 410 g/mol. The number of carbonyl (C=O) groups excluding carboxylic acids is 2. The number of hydrogen-bond donors (Lipinski definition) is 0. The van der Waals surface area contributed by atoms with Gasteiger partial charge in [0.2, 0.25) is 10.0 Å². The van der Waals surface area contributed by atoms with Gasteiger partial charge in [-0.05, 0) is 64.7 Å². The summed E-state index contributed by atoms with van der Waals surface area (Å²) in [5, 5.41) is 0.0937. The van der Waals surface area contributed by atoms with E-state index in [1.54, 1.807) is 32.9 Å². The molecule has 0 aromatic heterocycles. The number of rotatable bonds is 8. The summed E-state index contributed by atoms with van der Waals surface area (Å²) in [6.07, 6.45) is 3.06. The Balaban J connectivity index is 2.34. The van der Waals surface area contributed by atoms with Crippen molar-refractivity contribution in [2.45, 2.75) is 87.0 Å². The number of ether oxygens (including phenoxy) is 1. The molecule has 1 saturated heterocycles. The van der Waals surface area contributed by atoms with Crippen LogP contribution < -0.4 is 0 Å². The summed E-state index contributed by atoms with van der Waals surface area (Å²) in [7, 11) is -3.86. The third-order valence-corrected chi connectivity index (χ3v) is 7.91. The predicted octanol–water partition coefficient (Wildman–Crippen LogP) is 3.95. The monoisotopic (exact) mass is 441 g/mol. The van der Waals surface area contributed by atoms with Crippen molar-refractivity contribution in [2.24, 2.45) is 0 Å². The van der Waals surface area contributed by atoms with Gasteiger partial charge in [0, 0.05) is 23.1 Å². The Morgan fingerprint density at radius 1 is 1.38 bits per heavy atom. The van der Waals surface area contributed by atoms with E-state index in [-0.39, 0.29) is 10.1 Å². The predicted molar refractivity (Wildman–Crippen MR) is 115 cm³/mol. The standard InChI is InChI=1S/C21H31NO5S2/c1-15-10-11-19(18(14-15)28-16(2)8-7-13-23)29(25,26)22-12-6-9-17(22)20(24)27-21(3,4)5/h10-11,13-14,16-17H,6-9,12H2,1-5H3/t16?,17-/m0/s1. The molecule has 0 saturated carbocycles. The zero-order valence-electron chi connectivity index (χ0n) is 17.8. The van der Waals surface area contributed by atoms with Crippen LogP contribution in [0.2, 0.25) is 0 Å². The second kappa shape index (κ2) is 9.62. The molecule has 0 spiro atoms. The van der Waals surface area contributed by atoms with Crippen LogP contribution >= 0.6 is 11.8 Å². The van der Waals surface area contributed by atoms with Crippen molar-refractivity contribution < 1.29 is 22.7 Å². The highest BCUT2D eigenvalue weighted by Gasteiger charge is 2.42. The Labute approximate surface area is 178 Å². The molecule has 1 fully saturated rings. The van der Waals surface area contributed by atoms with E-state index >= 15 is 0 Å². The van der Waals surface area contributed by atoms with Gasteiger partial charge in [-0.2, -0.15) is 4.31 Å². The molecule has 1 aromatic carbocycles. The number of sulfonamides is 1. The second-order valence-corrected chi connectivity index (χ2v) is 11.8. The van der Waals surface area contributed by atoms with Crippen LogP contribution in [0.25, 0.3) is 0 Å². The van der Waals surface area contributed by atoms with Crippen LogP contribution in [0.1, 0.15) is 58.9 Å². The van der Waals surface area contributed by atoms with Gasteiger partial charge < -0.3 is 9.53 Å². The highest BCUT2D eigenvalue weighted by Crippen LogP contribution is 2.36. The van der Waals surface area contributed by atoms with E-state index in [2.05, 4.69) is 0 Å². The molecule has 29 heavy (non-hydrogen) atoms. The highest BCUT2D eigenvalue weighted by molar-refractivity contribution is 8.00. The molecule has 0 bridgehead atoms. The van der Waals surface area contributed by atoms with Crippen LogP contribution in [-0.2, 0) is 24.3 Å². The van der Waals surface area contributed by atoms with Crippen LogP contribution in [0.5, 0.6) is 0 Å². The molecule has 1 heterocycles. The minimum absolute atomic E-state index is 0.0937. The van der Waals surface area contributed by atoms with E-state index in [1.165, 1.54) is 16.1 Å². The Bertz CT molecular complexity index is 845. The number of thioether (sulfide) groups is 1. The normalized spacial score (nSPS) is 19.1. The average Bonchev–Trinajstić information content (AvgIpc) is 3.09. The van der Waals surface area contributed by atoms with Crippen LogP contribution in [-0.4, -0.2) is 48.4 Å². The van der Waals surface area contributed by atoms with E-state index in [0.717, 1.165) is 11.8 Å². The topological polar surface area (TPSA) is 80.8 Å². The number of benzene rings is 1. The quantitative estimate of drug-likeness (QED) is 0.345. The summed E-state index contributed by atoms with van der Waals surface area (Å²) in [6.45, 7) is 9.50. The maximum absolute atomic E-state index is 13.5. The van der Waals surface area contributed by atoms with Crippen molar-refractivity contribution in [3.8, 4) is 0 Å². The van der Waals surface area contributed by atoms with Gasteiger partial charge in [0.05, 0.1) is 4.90 Å². The SMILES string of the molecule is Cc1ccc(S(=O)(=O)N2CCC[C@H]2C(=O)OC(C)(C)C)c(SC(C)CCC=O)c1. The van der Waals surface area contributed by atoms with E-state index < -0.39 is 27.6 Å². The third-order valence-electron chi connectivity index (χ3n) is 4.59. The summed E-state index contributed by atoms with van der Waals surface area (Å²) in [4.78, 5) is 24.1. The molecule has 1 aliphatic rings. The fourth-order valence-corrected chi connectivity index (χ4v) is 6.55. The molecule has 162 valence electrons. The minimum Gasteiger partial charge on any atom is -0.459 e. The van der Waals surface area contributed by atoms with Gasteiger partial charge in [-0.25, -0.2) is 8.42 Å². The highest BCUT2D eigenvalue weighted by atomic mass is 32.2. The van der Waals surface area contributed by atoms with Gasteiger partial charge in [0.15, 0.2) is 0 Å². The Morgan fingerprint density at radius 3 is 2.69 bits per heavy atom. The number of aryl methyl sites for hydroxylation is 1. The number of nitrogens with zero attached hydrogens (tertiary/aromatic N) is 1. The lowest BCUT2D eigenvalue weighted by Crippen LogP contribution is -2.43. The van der Waals surface area contributed by atoms with E-state index in [9.17, 15) is 18.0 Å². The number of hydrogen-bond acceptors (Lipinski definition) is 6. The average molecular weight is 442 g/mol. The van der Waals surface area contributed by atoms with E-state index in [4.69, 9.17) is 4.74 Å². The second-order valence-electron chi connectivity index (χ2n) is 8.43. The summed E-state index contributed by atoms with van der Waals surface area (Å²) >= 11 is 1.45. The Morgan fingerprint density at radius 2 is 2.07 bits per heavy atom. The van der Waals surface area contributed by atoms with Crippen LogP contribution in [0.15, 0.2) is 28.0 Å². The fraction of sp³-hybridized carbons (Fsp3) is 0.619. The molecule has 8 heteroatoms. The van der Waals surface area contributed by atoms with E-state index in [1.807, 2.05) is 19.9 Å². The molecule has 6 nitrogen and oxygen atoms in total. The third kappa shape index (κ3) is 6.30. The van der Waals surface area contributed by atoms with Crippen molar-refractivity contribution in [3.63, 3.8) is 0 Å². The van der Waals surface area contributed by atoms with Crippen LogP contribution in [0.4, 0.5) is 0 Å². The molecule has 0 N–H and O–H groups in total. The lowest BCUT2D eigenvalue weighted by molar-refractivity contribution is -0.158. The summed E-state index contributed by atoms with van der Waals surface area (Å²) in [5.41, 5.74) is 0.285. The first-order valence-electron chi connectivity index (χ1n) is 9.91. The first-order valence-corrected chi connectivity index (χ1v) is 12.2. The zero-order chi connectivity index (χ0) is 21.8. The van der Waals surface area contributed by atoms with Crippen LogP contribution in [0, 0.1) is 6.92 Å². The fourth-order valence-electron chi connectivity index (χ4n) is 3.26. The lowest BCUT2D eigenvalue weighted by atomic mass is 10.2. The van der Waals surface area contributed by atoms with Gasteiger partial charge in [-0.3, -0.25) is 4.79 Å². The van der Waals surface area contributed by atoms with Gasteiger partial charge in [0.25, 0.3) is 0 Å². The van der Waals surface area contributed by atoms with Crippen molar-refractivity contribution >= 4 is 34.0 Å². The number of esters is 1. The van der Waals surface area contributed by atoms with Gasteiger partial charge >= 0.3 is 5.97 Å². The first-order chi connectivity index (χ1) is 13.5. The molecule has 2 rings (SSSR count). The molecule has 1 unspecified atom stereocenters. The number of carbonyl (C=O) groups is 2. The maximum Gasteiger partial charge on any atom is 0.324 e. The molecule has 0 amide bonds. The molecule has 1 aromatic rings. The van der Waals surface area contributed by atoms with Gasteiger partial charge in [0.1, 0.15) is 17.9 Å². The van der Waals surface area contributed by atoms with Crippen molar-refractivity contribution in [1.82, 2.24) is 4.31 Å². The molecule has 0 aliphatic carbocycles. The molecule has 0 radical (unpaired) electrons. The van der Waals surface area contributed by atoms with E-state index in [0.29, 0.717) is 37.1 Å². The molecule has 1 aliphatic heterocycles. The van der Waals surface area contributed by atoms with Crippen molar-refractivity contribution in [3.05, 3.63) is 23.8 Å². The first kappa shape index (κ1) is 23.9. The van der Waals surface area contributed by atoms with Gasteiger partial charge in [-0.15, -0.1) is 11.8 Å². The summed E-state index contributed by atoms with van der Waals surface area (Å²) < 4.78 is 33.7. The Kier molecular flexibility index (Phi) is 7.93. The molecule has 2 atom stereocenters. The van der Waals surface area contributed by atoms with Gasteiger partial charge in [-0.1, -0.05) is 13.0 Å². The maximum atomic E-state index is 13.5. The zero-order valence-corrected chi connectivity index (χ0v) is 19.4. The van der Waals surface area contributed by atoms with Crippen molar-refractivity contribution in [1.29, 1.82) is 0 Å².